The zero-order chi connectivity index (χ0) is 12.1. The van der Waals surface area contributed by atoms with Gasteiger partial charge in [-0.15, -0.1) is 0 Å². The van der Waals surface area contributed by atoms with Gasteiger partial charge in [-0.05, 0) is 36.6 Å². The number of hydrogen-bond acceptors (Lipinski definition) is 3. The van der Waals surface area contributed by atoms with E-state index in [1.165, 1.54) is 11.1 Å². The lowest BCUT2D eigenvalue weighted by molar-refractivity contribution is 0.444. The lowest BCUT2D eigenvalue weighted by Gasteiger charge is -2.15. The van der Waals surface area contributed by atoms with Crippen molar-refractivity contribution in [2.24, 2.45) is 5.84 Å². The van der Waals surface area contributed by atoms with Crippen LogP contribution in [0.3, 0.4) is 0 Å². The summed E-state index contributed by atoms with van der Waals surface area (Å²) in [6, 6.07) is 12.4. The van der Waals surface area contributed by atoms with Crippen LogP contribution in [0.4, 0.5) is 0 Å². The molecule has 0 aliphatic carbocycles. The summed E-state index contributed by atoms with van der Waals surface area (Å²) < 4.78 is 5.34. The molecule has 1 atom stereocenters. The number of benzene rings is 1. The number of hydrogen-bond donors (Lipinski definition) is 2. The number of nitrogens with one attached hydrogen (secondary N) is 1. The lowest BCUT2D eigenvalue weighted by Crippen LogP contribution is -2.38. The van der Waals surface area contributed by atoms with Crippen molar-refractivity contribution < 1.29 is 4.42 Å². The summed E-state index contributed by atoms with van der Waals surface area (Å²) in [6.45, 7) is 2.12. The number of hydrazine groups is 1. The first-order valence-corrected chi connectivity index (χ1v) is 5.82. The van der Waals surface area contributed by atoms with E-state index in [1.807, 2.05) is 12.1 Å². The fraction of sp³-hybridized carbons (Fsp3) is 0.286. The molecule has 0 saturated heterocycles. The van der Waals surface area contributed by atoms with Crippen LogP contribution in [0.1, 0.15) is 16.9 Å². The van der Waals surface area contributed by atoms with Gasteiger partial charge in [0.1, 0.15) is 5.76 Å². The molecule has 0 aliphatic rings. The molecular weight excluding hydrogens is 212 g/mol. The van der Waals surface area contributed by atoms with Gasteiger partial charge in [-0.1, -0.05) is 24.3 Å². The molecule has 0 aliphatic heterocycles. The van der Waals surface area contributed by atoms with Crippen molar-refractivity contribution in [2.75, 3.05) is 0 Å². The summed E-state index contributed by atoms with van der Waals surface area (Å²) in [5.74, 6) is 6.56. The highest BCUT2D eigenvalue weighted by Crippen LogP contribution is 2.12. The average molecular weight is 230 g/mol. The quantitative estimate of drug-likeness (QED) is 0.611. The molecular formula is C14H18N2O. The van der Waals surface area contributed by atoms with E-state index in [9.17, 15) is 0 Å². The summed E-state index contributed by atoms with van der Waals surface area (Å²) >= 11 is 0. The normalized spacial score (nSPS) is 12.6. The molecule has 1 aromatic heterocycles. The Hall–Kier alpha value is -1.58. The van der Waals surface area contributed by atoms with Crippen molar-refractivity contribution in [1.29, 1.82) is 0 Å². The van der Waals surface area contributed by atoms with Crippen LogP contribution in [0, 0.1) is 6.92 Å². The molecule has 0 fully saturated rings. The second-order valence-corrected chi connectivity index (χ2v) is 4.28. The largest absolute Gasteiger partial charge is 0.469 e. The first kappa shape index (κ1) is 11.9. The summed E-state index contributed by atoms with van der Waals surface area (Å²) in [5, 5.41) is 0. The minimum Gasteiger partial charge on any atom is -0.469 e. The predicted octanol–water partition coefficient (Wildman–Crippen LogP) is 2.21. The number of aryl methyl sites for hydroxylation is 1. The van der Waals surface area contributed by atoms with Crippen LogP contribution >= 0.6 is 0 Å². The van der Waals surface area contributed by atoms with Crippen LogP contribution in [0.15, 0.2) is 47.1 Å². The van der Waals surface area contributed by atoms with Crippen molar-refractivity contribution in [2.45, 2.75) is 25.8 Å². The second kappa shape index (κ2) is 5.66. The first-order chi connectivity index (χ1) is 8.29. The smallest absolute Gasteiger partial charge is 0.105 e. The molecule has 0 bridgehead atoms. The standard InChI is InChI=1S/C14H18N2O/c1-11-5-2-3-6-12(11)9-13(16-15)10-14-7-4-8-17-14/h2-8,13,16H,9-10,15H2,1H3. The minimum absolute atomic E-state index is 0.197. The molecule has 0 saturated carbocycles. The average Bonchev–Trinajstić information content (AvgIpc) is 2.84. The zero-order valence-corrected chi connectivity index (χ0v) is 10.0. The molecule has 0 amide bonds. The Kier molecular flexibility index (Phi) is 3.96. The molecule has 17 heavy (non-hydrogen) atoms. The SMILES string of the molecule is Cc1ccccc1CC(Cc1ccco1)NN. The lowest BCUT2D eigenvalue weighted by atomic mass is 9.99. The Morgan fingerprint density at radius 1 is 1.18 bits per heavy atom. The summed E-state index contributed by atoms with van der Waals surface area (Å²) in [7, 11) is 0. The van der Waals surface area contributed by atoms with E-state index in [-0.39, 0.29) is 6.04 Å². The maximum Gasteiger partial charge on any atom is 0.105 e. The van der Waals surface area contributed by atoms with Crippen molar-refractivity contribution in [3.63, 3.8) is 0 Å². The number of furan rings is 1. The molecule has 0 spiro atoms. The third-order valence-corrected chi connectivity index (χ3v) is 2.99. The molecule has 90 valence electrons. The molecule has 2 rings (SSSR count). The van der Waals surface area contributed by atoms with Crippen LogP contribution < -0.4 is 11.3 Å². The van der Waals surface area contributed by atoms with E-state index in [2.05, 4.69) is 36.6 Å². The molecule has 0 radical (unpaired) electrons. The van der Waals surface area contributed by atoms with Gasteiger partial charge in [0.15, 0.2) is 0 Å². The second-order valence-electron chi connectivity index (χ2n) is 4.28. The van der Waals surface area contributed by atoms with E-state index in [4.69, 9.17) is 10.3 Å². The fourth-order valence-electron chi connectivity index (χ4n) is 1.97. The van der Waals surface area contributed by atoms with Crippen LogP contribution in [0.5, 0.6) is 0 Å². The summed E-state index contributed by atoms with van der Waals surface area (Å²) in [6.07, 6.45) is 3.40. The highest BCUT2D eigenvalue weighted by molar-refractivity contribution is 5.26. The number of nitrogens with two attached hydrogens (primary N) is 1. The van der Waals surface area contributed by atoms with Gasteiger partial charge in [0.2, 0.25) is 0 Å². The Morgan fingerprint density at radius 2 is 2.00 bits per heavy atom. The van der Waals surface area contributed by atoms with E-state index in [0.717, 1.165) is 18.6 Å². The van der Waals surface area contributed by atoms with Crippen molar-refractivity contribution >= 4 is 0 Å². The Labute approximate surface area is 102 Å². The third-order valence-electron chi connectivity index (χ3n) is 2.99. The summed E-state index contributed by atoms with van der Waals surface area (Å²) in [5.41, 5.74) is 5.48. The van der Waals surface area contributed by atoms with E-state index < -0.39 is 0 Å². The highest BCUT2D eigenvalue weighted by atomic mass is 16.3. The minimum atomic E-state index is 0.197. The Bertz CT molecular complexity index is 451. The van der Waals surface area contributed by atoms with Crippen LogP contribution in [-0.2, 0) is 12.8 Å². The number of rotatable bonds is 5. The molecule has 1 unspecified atom stereocenters. The van der Waals surface area contributed by atoms with Gasteiger partial charge in [0.25, 0.3) is 0 Å². The first-order valence-electron chi connectivity index (χ1n) is 5.82. The monoisotopic (exact) mass is 230 g/mol. The van der Waals surface area contributed by atoms with Gasteiger partial charge in [0.05, 0.1) is 6.26 Å². The molecule has 1 heterocycles. The van der Waals surface area contributed by atoms with E-state index in [1.54, 1.807) is 6.26 Å². The summed E-state index contributed by atoms with van der Waals surface area (Å²) in [4.78, 5) is 0. The van der Waals surface area contributed by atoms with Gasteiger partial charge in [-0.3, -0.25) is 11.3 Å². The van der Waals surface area contributed by atoms with Crippen LogP contribution in [0.25, 0.3) is 0 Å². The van der Waals surface area contributed by atoms with Gasteiger partial charge in [0, 0.05) is 12.5 Å². The topological polar surface area (TPSA) is 51.2 Å². The predicted molar refractivity (Wildman–Crippen MR) is 68.4 cm³/mol. The van der Waals surface area contributed by atoms with Gasteiger partial charge >= 0.3 is 0 Å². The molecule has 1 aromatic carbocycles. The fourth-order valence-corrected chi connectivity index (χ4v) is 1.97. The Balaban J connectivity index is 2.03. The van der Waals surface area contributed by atoms with Gasteiger partial charge < -0.3 is 4.42 Å². The van der Waals surface area contributed by atoms with Crippen LogP contribution in [0.2, 0.25) is 0 Å². The van der Waals surface area contributed by atoms with E-state index in [0.29, 0.717) is 0 Å². The van der Waals surface area contributed by atoms with Gasteiger partial charge in [-0.2, -0.15) is 0 Å². The maximum atomic E-state index is 5.60. The Morgan fingerprint density at radius 3 is 2.65 bits per heavy atom. The van der Waals surface area contributed by atoms with E-state index >= 15 is 0 Å². The third kappa shape index (κ3) is 3.19. The van der Waals surface area contributed by atoms with Crippen LogP contribution in [-0.4, -0.2) is 6.04 Å². The van der Waals surface area contributed by atoms with Crippen molar-refractivity contribution in [3.05, 3.63) is 59.5 Å². The molecule has 3 N–H and O–H groups in total. The molecule has 2 aromatic rings. The highest BCUT2D eigenvalue weighted by Gasteiger charge is 2.11. The van der Waals surface area contributed by atoms with Gasteiger partial charge in [-0.25, -0.2) is 0 Å². The molecule has 3 heteroatoms. The van der Waals surface area contributed by atoms with Crippen molar-refractivity contribution in [3.8, 4) is 0 Å². The maximum absolute atomic E-state index is 5.60. The molecule has 3 nitrogen and oxygen atoms in total. The zero-order valence-electron chi connectivity index (χ0n) is 10.0. The van der Waals surface area contributed by atoms with Crippen molar-refractivity contribution in [1.82, 2.24) is 5.43 Å².